The van der Waals surface area contributed by atoms with E-state index < -0.39 is 0 Å². The number of hydrogen-bond donors (Lipinski definition) is 1. The highest BCUT2D eigenvalue weighted by Crippen LogP contribution is 2.26. The normalized spacial score (nSPS) is 12.6. The molecule has 0 bridgehead atoms. The number of hydrogen-bond acceptors (Lipinski definition) is 4. The summed E-state index contributed by atoms with van der Waals surface area (Å²) in [5.74, 6) is 0. The Labute approximate surface area is 111 Å². The fourth-order valence-electron chi connectivity index (χ4n) is 1.95. The van der Waals surface area contributed by atoms with Gasteiger partial charge in [0.25, 0.3) is 0 Å². The molecule has 1 N–H and O–H groups in total. The van der Waals surface area contributed by atoms with Crippen LogP contribution >= 0.6 is 11.6 Å². The maximum Gasteiger partial charge on any atom is 0.115 e. The molecule has 0 radical (unpaired) electrons. The zero-order chi connectivity index (χ0) is 13.0. The molecule has 6 heteroatoms. The van der Waals surface area contributed by atoms with Crippen LogP contribution in [0.25, 0.3) is 0 Å². The molecule has 1 unspecified atom stereocenters. The molecule has 0 saturated carbocycles. The van der Waals surface area contributed by atoms with Crippen LogP contribution in [0.3, 0.4) is 0 Å². The van der Waals surface area contributed by atoms with Gasteiger partial charge < -0.3 is 5.32 Å². The van der Waals surface area contributed by atoms with Gasteiger partial charge in [0.15, 0.2) is 0 Å². The summed E-state index contributed by atoms with van der Waals surface area (Å²) in [6.45, 7) is 2.95. The fourth-order valence-corrected chi connectivity index (χ4v) is 2.20. The monoisotopic (exact) mass is 265 g/mol. The first kappa shape index (κ1) is 13.0. The number of rotatable bonds is 5. The molecular weight excluding hydrogens is 250 g/mol. The van der Waals surface area contributed by atoms with Gasteiger partial charge in [-0.15, -0.1) is 0 Å². The number of aromatic nitrogens is 4. The first-order chi connectivity index (χ1) is 8.77. The Balaban J connectivity index is 2.41. The summed E-state index contributed by atoms with van der Waals surface area (Å²) < 4.78 is 1.92. The summed E-state index contributed by atoms with van der Waals surface area (Å²) >= 11 is 6.24. The van der Waals surface area contributed by atoms with Crippen molar-refractivity contribution in [1.29, 1.82) is 0 Å². The van der Waals surface area contributed by atoms with E-state index in [-0.39, 0.29) is 6.04 Å². The molecule has 0 aliphatic carbocycles. The Morgan fingerprint density at radius 3 is 2.94 bits per heavy atom. The van der Waals surface area contributed by atoms with Gasteiger partial charge in [0.1, 0.15) is 6.33 Å². The highest BCUT2D eigenvalue weighted by atomic mass is 35.5. The highest BCUT2D eigenvalue weighted by molar-refractivity contribution is 6.31. The molecule has 0 amide bonds. The lowest BCUT2D eigenvalue weighted by Crippen LogP contribution is -2.23. The Kier molecular flexibility index (Phi) is 4.28. The quantitative estimate of drug-likeness (QED) is 0.899. The average molecular weight is 266 g/mol. The molecule has 0 fully saturated rings. The van der Waals surface area contributed by atoms with Gasteiger partial charge in [-0.3, -0.25) is 4.68 Å². The van der Waals surface area contributed by atoms with Crippen molar-refractivity contribution in [3.05, 3.63) is 41.2 Å². The van der Waals surface area contributed by atoms with Crippen LogP contribution in [0, 0.1) is 0 Å². The van der Waals surface area contributed by atoms with Crippen LogP contribution in [-0.2, 0) is 6.54 Å². The van der Waals surface area contributed by atoms with Crippen LogP contribution < -0.4 is 5.32 Å². The molecule has 2 aromatic rings. The minimum absolute atomic E-state index is 0.0745. The van der Waals surface area contributed by atoms with Crippen LogP contribution in [0.4, 0.5) is 0 Å². The lowest BCUT2D eigenvalue weighted by atomic mass is 10.1. The molecule has 2 heterocycles. The van der Waals surface area contributed by atoms with Crippen LogP contribution in [-0.4, -0.2) is 26.8 Å². The van der Waals surface area contributed by atoms with Crippen molar-refractivity contribution in [3.63, 3.8) is 0 Å². The molecule has 0 spiro atoms. The molecule has 1 atom stereocenters. The van der Waals surface area contributed by atoms with Crippen LogP contribution in [0.15, 0.2) is 24.8 Å². The Morgan fingerprint density at radius 2 is 2.33 bits per heavy atom. The summed E-state index contributed by atoms with van der Waals surface area (Å²) in [6, 6.07) is 1.80. The van der Waals surface area contributed by atoms with E-state index in [0.29, 0.717) is 5.02 Å². The molecule has 18 heavy (non-hydrogen) atoms. The van der Waals surface area contributed by atoms with Gasteiger partial charge in [-0.1, -0.05) is 18.5 Å². The van der Waals surface area contributed by atoms with Gasteiger partial charge in [-0.2, -0.15) is 5.10 Å². The first-order valence-corrected chi connectivity index (χ1v) is 6.30. The van der Waals surface area contributed by atoms with Gasteiger partial charge in [0, 0.05) is 12.7 Å². The second-order valence-electron chi connectivity index (χ2n) is 3.96. The van der Waals surface area contributed by atoms with E-state index in [9.17, 15) is 0 Å². The summed E-state index contributed by atoms with van der Waals surface area (Å²) in [5.41, 5.74) is 1.83. The third kappa shape index (κ3) is 2.52. The maximum absolute atomic E-state index is 6.24. The molecule has 5 nitrogen and oxygen atoms in total. The van der Waals surface area contributed by atoms with Gasteiger partial charge >= 0.3 is 0 Å². The van der Waals surface area contributed by atoms with E-state index in [1.54, 1.807) is 12.4 Å². The van der Waals surface area contributed by atoms with Crippen molar-refractivity contribution < 1.29 is 0 Å². The van der Waals surface area contributed by atoms with Crippen molar-refractivity contribution in [1.82, 2.24) is 25.1 Å². The van der Waals surface area contributed by atoms with Gasteiger partial charge in [0.05, 0.1) is 28.6 Å². The standard InChI is InChI=1S/C12H16ClN5/c1-3-6-18-12(9(13)7-17-18)11(14-2)10-4-5-15-8-16-10/h4-5,7-8,11,14H,3,6H2,1-2H3. The van der Waals surface area contributed by atoms with E-state index in [0.717, 1.165) is 24.4 Å². The zero-order valence-corrected chi connectivity index (χ0v) is 11.2. The lowest BCUT2D eigenvalue weighted by Gasteiger charge is -2.17. The summed E-state index contributed by atoms with van der Waals surface area (Å²) in [4.78, 5) is 8.21. The van der Waals surface area contributed by atoms with Crippen LogP contribution in [0.1, 0.15) is 30.8 Å². The Morgan fingerprint density at radius 1 is 1.50 bits per heavy atom. The van der Waals surface area contributed by atoms with Crippen LogP contribution in [0.2, 0.25) is 5.02 Å². The topological polar surface area (TPSA) is 55.6 Å². The molecule has 2 rings (SSSR count). The Bertz CT molecular complexity index is 496. The van der Waals surface area contributed by atoms with Gasteiger partial charge in [-0.25, -0.2) is 9.97 Å². The van der Waals surface area contributed by atoms with Crippen LogP contribution in [0.5, 0.6) is 0 Å². The predicted molar refractivity (Wildman–Crippen MR) is 70.5 cm³/mol. The predicted octanol–water partition coefficient (Wildman–Crippen LogP) is 2.05. The second-order valence-corrected chi connectivity index (χ2v) is 4.36. The van der Waals surface area contributed by atoms with Crippen molar-refractivity contribution >= 4 is 11.6 Å². The summed E-state index contributed by atoms with van der Waals surface area (Å²) in [7, 11) is 1.88. The number of aryl methyl sites for hydroxylation is 1. The fraction of sp³-hybridized carbons (Fsp3) is 0.417. The Hall–Kier alpha value is -1.46. The third-order valence-electron chi connectivity index (χ3n) is 2.73. The number of nitrogens with zero attached hydrogens (tertiary/aromatic N) is 4. The SMILES string of the molecule is CCCn1ncc(Cl)c1C(NC)c1ccncn1. The summed E-state index contributed by atoms with van der Waals surface area (Å²) in [6.07, 6.45) is 5.94. The number of nitrogens with one attached hydrogen (secondary N) is 1. The lowest BCUT2D eigenvalue weighted by molar-refractivity contribution is 0.529. The van der Waals surface area contributed by atoms with E-state index in [1.807, 2.05) is 17.8 Å². The zero-order valence-electron chi connectivity index (χ0n) is 10.5. The van der Waals surface area contributed by atoms with Crippen molar-refractivity contribution in [2.45, 2.75) is 25.9 Å². The molecule has 96 valence electrons. The molecule has 0 aromatic carbocycles. The molecule has 0 aliphatic rings. The van der Waals surface area contributed by atoms with Gasteiger partial charge in [0.2, 0.25) is 0 Å². The second kappa shape index (κ2) is 5.93. The van der Waals surface area contributed by atoms with E-state index in [4.69, 9.17) is 11.6 Å². The van der Waals surface area contributed by atoms with Crippen molar-refractivity contribution in [2.75, 3.05) is 7.05 Å². The van der Waals surface area contributed by atoms with E-state index >= 15 is 0 Å². The van der Waals surface area contributed by atoms with Crippen molar-refractivity contribution in [3.8, 4) is 0 Å². The van der Waals surface area contributed by atoms with E-state index in [1.165, 1.54) is 6.33 Å². The minimum Gasteiger partial charge on any atom is -0.307 e. The average Bonchev–Trinajstić information content (AvgIpc) is 2.75. The van der Waals surface area contributed by atoms with Crippen molar-refractivity contribution in [2.24, 2.45) is 0 Å². The smallest absolute Gasteiger partial charge is 0.115 e. The third-order valence-corrected chi connectivity index (χ3v) is 3.02. The molecule has 0 saturated heterocycles. The highest BCUT2D eigenvalue weighted by Gasteiger charge is 2.21. The van der Waals surface area contributed by atoms with E-state index in [2.05, 4.69) is 27.3 Å². The summed E-state index contributed by atoms with van der Waals surface area (Å²) in [5, 5.41) is 8.18. The van der Waals surface area contributed by atoms with Gasteiger partial charge in [-0.05, 0) is 19.5 Å². The largest absolute Gasteiger partial charge is 0.307 e. The molecular formula is C12H16ClN5. The minimum atomic E-state index is -0.0745. The molecule has 2 aromatic heterocycles. The first-order valence-electron chi connectivity index (χ1n) is 5.92. The molecule has 0 aliphatic heterocycles. The maximum atomic E-state index is 6.24. The number of halogens is 1.